The maximum atomic E-state index is 13.9. The molecule has 0 aromatic heterocycles. The van der Waals surface area contributed by atoms with E-state index < -0.39 is 23.6 Å². The number of halogens is 3. The molecule has 23 heavy (non-hydrogen) atoms. The Hall–Kier alpha value is -1.04. The summed E-state index contributed by atoms with van der Waals surface area (Å²) in [7, 11) is 0. The lowest BCUT2D eigenvalue weighted by atomic mass is 10.0. The zero-order valence-corrected chi connectivity index (χ0v) is 15.0. The van der Waals surface area contributed by atoms with Crippen LogP contribution >= 0.6 is 23.2 Å². The maximum absolute atomic E-state index is 13.9. The minimum Gasteiger partial charge on any atom is -0.444 e. The molecule has 1 aromatic carbocycles. The van der Waals surface area contributed by atoms with Crippen molar-refractivity contribution in [3.8, 4) is 0 Å². The quantitative estimate of drug-likeness (QED) is 0.806. The Labute approximate surface area is 145 Å². The van der Waals surface area contributed by atoms with Crippen LogP contribution in [-0.4, -0.2) is 36.2 Å². The molecule has 7 heteroatoms. The summed E-state index contributed by atoms with van der Waals surface area (Å²) in [6, 6.07) is 2.46. The SMILES string of the molecule is CC(C)(C)OC(=O)N[C@H](CN1CCC1)c1cc(F)c(Cl)c(Cl)c1. The molecule has 0 radical (unpaired) electrons. The lowest BCUT2D eigenvalue weighted by Crippen LogP contribution is -2.45. The smallest absolute Gasteiger partial charge is 0.408 e. The molecule has 1 aliphatic rings. The van der Waals surface area contributed by atoms with Gasteiger partial charge in [0.05, 0.1) is 16.1 Å². The van der Waals surface area contributed by atoms with Crippen LogP contribution < -0.4 is 5.32 Å². The van der Waals surface area contributed by atoms with Crippen molar-refractivity contribution in [1.82, 2.24) is 10.2 Å². The highest BCUT2D eigenvalue weighted by atomic mass is 35.5. The van der Waals surface area contributed by atoms with Gasteiger partial charge >= 0.3 is 6.09 Å². The number of rotatable bonds is 4. The van der Waals surface area contributed by atoms with E-state index in [-0.39, 0.29) is 10.0 Å². The van der Waals surface area contributed by atoms with E-state index in [1.807, 2.05) is 0 Å². The van der Waals surface area contributed by atoms with Crippen molar-refractivity contribution in [1.29, 1.82) is 0 Å². The summed E-state index contributed by atoms with van der Waals surface area (Å²) < 4.78 is 19.2. The Morgan fingerprint density at radius 1 is 1.39 bits per heavy atom. The Kier molecular flexibility index (Phi) is 5.76. The average Bonchev–Trinajstić information content (AvgIpc) is 2.35. The topological polar surface area (TPSA) is 41.6 Å². The van der Waals surface area contributed by atoms with Gasteiger partial charge in [-0.15, -0.1) is 0 Å². The summed E-state index contributed by atoms with van der Waals surface area (Å²) in [5.41, 5.74) is -0.0384. The van der Waals surface area contributed by atoms with Gasteiger partial charge in [0.1, 0.15) is 11.4 Å². The summed E-state index contributed by atoms with van der Waals surface area (Å²) >= 11 is 11.7. The first-order chi connectivity index (χ1) is 10.7. The van der Waals surface area contributed by atoms with Gasteiger partial charge < -0.3 is 15.0 Å². The Balaban J connectivity index is 2.18. The van der Waals surface area contributed by atoms with Crippen molar-refractivity contribution in [2.45, 2.75) is 38.8 Å². The Morgan fingerprint density at radius 3 is 2.52 bits per heavy atom. The molecule has 1 saturated heterocycles. The zero-order valence-electron chi connectivity index (χ0n) is 13.5. The van der Waals surface area contributed by atoms with Crippen LogP contribution in [0.1, 0.15) is 38.8 Å². The molecule has 128 valence electrons. The summed E-state index contributed by atoms with van der Waals surface area (Å²) in [5.74, 6) is -0.603. The van der Waals surface area contributed by atoms with Crippen LogP contribution in [0.4, 0.5) is 9.18 Å². The maximum Gasteiger partial charge on any atom is 0.408 e. The molecular weight excluding hydrogens is 342 g/mol. The third-order valence-corrected chi connectivity index (χ3v) is 4.27. The van der Waals surface area contributed by atoms with Gasteiger partial charge in [-0.1, -0.05) is 23.2 Å². The van der Waals surface area contributed by atoms with Gasteiger partial charge in [0.15, 0.2) is 0 Å². The third-order valence-electron chi connectivity index (χ3n) is 3.49. The van der Waals surface area contributed by atoms with Crippen molar-refractivity contribution in [2.75, 3.05) is 19.6 Å². The van der Waals surface area contributed by atoms with Crippen LogP contribution in [0.5, 0.6) is 0 Å². The zero-order chi connectivity index (χ0) is 17.2. The lowest BCUT2D eigenvalue weighted by molar-refractivity contribution is 0.0479. The molecule has 1 heterocycles. The molecule has 1 aromatic rings. The van der Waals surface area contributed by atoms with E-state index in [0.717, 1.165) is 19.5 Å². The predicted octanol–water partition coefficient (Wildman–Crippen LogP) is 4.40. The van der Waals surface area contributed by atoms with Gasteiger partial charge in [-0.25, -0.2) is 9.18 Å². The molecule has 0 bridgehead atoms. The van der Waals surface area contributed by atoms with Crippen molar-refractivity contribution in [3.63, 3.8) is 0 Å². The summed E-state index contributed by atoms with van der Waals surface area (Å²) in [6.45, 7) is 7.84. The number of nitrogens with zero attached hydrogens (tertiary/aromatic N) is 1. The largest absolute Gasteiger partial charge is 0.444 e. The molecular formula is C16H21Cl2FN2O2. The van der Waals surface area contributed by atoms with E-state index in [1.54, 1.807) is 26.8 Å². The van der Waals surface area contributed by atoms with Crippen LogP contribution in [0.3, 0.4) is 0 Å². The molecule has 0 aliphatic carbocycles. The second-order valence-electron chi connectivity index (χ2n) is 6.65. The van der Waals surface area contributed by atoms with Gasteiger partial charge in [-0.2, -0.15) is 0 Å². The molecule has 1 N–H and O–H groups in total. The lowest BCUT2D eigenvalue weighted by Gasteiger charge is -2.35. The van der Waals surface area contributed by atoms with Gasteiger partial charge in [0.2, 0.25) is 0 Å². The van der Waals surface area contributed by atoms with Crippen LogP contribution in [0, 0.1) is 5.82 Å². The van der Waals surface area contributed by atoms with Gasteiger partial charge in [-0.3, -0.25) is 0 Å². The number of ether oxygens (including phenoxy) is 1. The molecule has 1 fully saturated rings. The molecule has 1 aliphatic heterocycles. The number of amides is 1. The van der Waals surface area contributed by atoms with Gasteiger partial charge in [0.25, 0.3) is 0 Å². The summed E-state index contributed by atoms with van der Waals surface area (Å²) in [5, 5.41) is 2.80. The van der Waals surface area contributed by atoms with E-state index in [2.05, 4.69) is 10.2 Å². The number of alkyl carbamates (subject to hydrolysis) is 1. The highest BCUT2D eigenvalue weighted by Gasteiger charge is 2.25. The minimum absolute atomic E-state index is 0.115. The fourth-order valence-corrected chi connectivity index (χ4v) is 2.61. The third kappa shape index (κ3) is 5.23. The number of likely N-dealkylation sites (tertiary alicyclic amines) is 1. The highest BCUT2D eigenvalue weighted by molar-refractivity contribution is 6.42. The molecule has 0 saturated carbocycles. The van der Waals surface area contributed by atoms with E-state index in [9.17, 15) is 9.18 Å². The number of carbonyl (C=O) groups excluding carboxylic acids is 1. The Bertz CT molecular complexity index is 563. The molecule has 0 spiro atoms. The second-order valence-corrected chi connectivity index (χ2v) is 7.44. The van der Waals surface area contributed by atoms with Crippen molar-refractivity contribution >= 4 is 29.3 Å². The van der Waals surface area contributed by atoms with Crippen LogP contribution in [0.25, 0.3) is 0 Å². The van der Waals surface area contributed by atoms with Crippen LogP contribution in [0.15, 0.2) is 12.1 Å². The van der Waals surface area contributed by atoms with Crippen molar-refractivity contribution in [2.24, 2.45) is 0 Å². The monoisotopic (exact) mass is 362 g/mol. The van der Waals surface area contributed by atoms with E-state index in [0.29, 0.717) is 12.1 Å². The van der Waals surface area contributed by atoms with Crippen LogP contribution in [0.2, 0.25) is 10.0 Å². The van der Waals surface area contributed by atoms with E-state index in [1.165, 1.54) is 6.07 Å². The number of hydrogen-bond donors (Lipinski definition) is 1. The second kappa shape index (κ2) is 7.24. The molecule has 1 amide bonds. The number of benzene rings is 1. The van der Waals surface area contributed by atoms with Crippen molar-refractivity contribution in [3.05, 3.63) is 33.6 Å². The van der Waals surface area contributed by atoms with Gasteiger partial charge in [-0.05, 0) is 58.0 Å². The Morgan fingerprint density at radius 2 is 2.04 bits per heavy atom. The van der Waals surface area contributed by atoms with E-state index in [4.69, 9.17) is 27.9 Å². The van der Waals surface area contributed by atoms with Gasteiger partial charge in [0, 0.05) is 6.54 Å². The van der Waals surface area contributed by atoms with E-state index >= 15 is 0 Å². The average molecular weight is 363 g/mol. The number of carbonyl (C=O) groups is 1. The highest BCUT2D eigenvalue weighted by Crippen LogP contribution is 2.30. The standard InChI is InChI=1S/C16H21Cl2FN2O2/c1-16(2,3)23-15(22)20-13(9-21-5-4-6-21)10-7-11(17)14(18)12(19)8-10/h7-8,13H,4-6,9H2,1-3H3,(H,20,22)/t13-/m1/s1. The number of nitrogens with one attached hydrogen (secondary N) is 1. The number of hydrogen-bond acceptors (Lipinski definition) is 3. The predicted molar refractivity (Wildman–Crippen MR) is 89.6 cm³/mol. The summed E-state index contributed by atoms with van der Waals surface area (Å²) in [6.07, 6.45) is 0.573. The van der Waals surface area contributed by atoms with Crippen molar-refractivity contribution < 1.29 is 13.9 Å². The first kappa shape index (κ1) is 18.3. The van der Waals surface area contributed by atoms with Crippen LogP contribution in [-0.2, 0) is 4.74 Å². The molecule has 4 nitrogen and oxygen atoms in total. The normalized spacial score (nSPS) is 16.6. The minimum atomic E-state index is -0.603. The molecule has 1 atom stereocenters. The fraction of sp³-hybridized carbons (Fsp3) is 0.562. The summed E-state index contributed by atoms with van der Waals surface area (Å²) in [4.78, 5) is 14.2. The first-order valence-corrected chi connectivity index (χ1v) is 8.27. The first-order valence-electron chi connectivity index (χ1n) is 7.52. The fourth-order valence-electron chi connectivity index (χ4n) is 2.28. The molecule has 0 unspecified atom stereocenters. The molecule has 2 rings (SSSR count).